The quantitative estimate of drug-likeness (QED) is 0.598. The molecule has 0 radical (unpaired) electrons. The molecule has 1 rings (SSSR count). The normalized spacial score (nSPS) is 10.2. The molecule has 0 N–H and O–H groups in total. The van der Waals surface area contributed by atoms with Crippen molar-refractivity contribution in [2.75, 3.05) is 30.5 Å². The fourth-order valence-corrected chi connectivity index (χ4v) is 1.97. The first-order valence-electron chi connectivity index (χ1n) is 4.79. The highest BCUT2D eigenvalue weighted by Gasteiger charge is 2.14. The molecule has 1 aromatic rings. The van der Waals surface area contributed by atoms with Crippen LogP contribution in [0, 0.1) is 6.92 Å². The van der Waals surface area contributed by atoms with Gasteiger partial charge in [-0.2, -0.15) is 11.8 Å². The average Bonchev–Trinajstić information content (AvgIpc) is 2.24. The monoisotopic (exact) mass is 259 g/mol. The van der Waals surface area contributed by atoms with Crippen LogP contribution < -0.4 is 4.90 Å². The molecule has 0 amide bonds. The van der Waals surface area contributed by atoms with E-state index in [4.69, 9.17) is 11.6 Å². The highest BCUT2D eigenvalue weighted by molar-refractivity contribution is 7.98. The summed E-state index contributed by atoms with van der Waals surface area (Å²) in [5.41, 5.74) is 0.357. The van der Waals surface area contributed by atoms with Crippen LogP contribution in [0.3, 0.4) is 0 Å². The minimum atomic E-state index is 0.216. The van der Waals surface area contributed by atoms with Gasteiger partial charge in [0.1, 0.15) is 16.8 Å². The summed E-state index contributed by atoms with van der Waals surface area (Å²) in [6, 6.07) is 0. The van der Waals surface area contributed by atoms with Gasteiger partial charge in [-0.15, -0.1) is 0 Å². The van der Waals surface area contributed by atoms with E-state index in [-0.39, 0.29) is 5.15 Å². The summed E-state index contributed by atoms with van der Waals surface area (Å²) in [7, 11) is 1.89. The summed E-state index contributed by atoms with van der Waals surface area (Å²) in [6.45, 7) is 2.57. The molecule has 0 aliphatic heterocycles. The van der Waals surface area contributed by atoms with E-state index in [1.54, 1.807) is 18.7 Å². The number of carbonyl (C=O) groups excluding carboxylic acids is 1. The first kappa shape index (κ1) is 13.3. The molecule has 0 aromatic carbocycles. The molecule has 0 aliphatic rings. The average molecular weight is 260 g/mol. The lowest BCUT2D eigenvalue weighted by atomic mass is 10.3. The molecule has 0 atom stereocenters. The van der Waals surface area contributed by atoms with Crippen molar-refractivity contribution in [1.82, 2.24) is 9.97 Å². The van der Waals surface area contributed by atoms with Crippen molar-refractivity contribution < 1.29 is 4.79 Å². The van der Waals surface area contributed by atoms with Crippen LogP contribution in [-0.2, 0) is 0 Å². The molecule has 6 heteroatoms. The third-order valence-electron chi connectivity index (χ3n) is 2.10. The Hall–Kier alpha value is -0.810. The number of halogens is 1. The standard InChI is InChI=1S/C10H14ClN3OS/c1-7-12-9(11)8(6-15)10(13-7)14(2)4-5-16-3/h6H,4-5H2,1-3H3. The van der Waals surface area contributed by atoms with Crippen molar-refractivity contribution in [2.24, 2.45) is 0 Å². The molecule has 0 unspecified atom stereocenters. The Balaban J connectivity index is 3.05. The van der Waals surface area contributed by atoms with Gasteiger partial charge < -0.3 is 4.90 Å². The summed E-state index contributed by atoms with van der Waals surface area (Å²) in [5, 5.41) is 0.216. The van der Waals surface area contributed by atoms with Gasteiger partial charge in [0.2, 0.25) is 0 Å². The van der Waals surface area contributed by atoms with Crippen molar-refractivity contribution in [3.05, 3.63) is 16.5 Å². The molecule has 4 nitrogen and oxygen atoms in total. The Morgan fingerprint density at radius 3 is 2.75 bits per heavy atom. The van der Waals surface area contributed by atoms with E-state index in [0.29, 0.717) is 23.5 Å². The zero-order chi connectivity index (χ0) is 12.1. The number of anilines is 1. The lowest BCUT2D eigenvalue weighted by molar-refractivity contribution is 0.112. The lowest BCUT2D eigenvalue weighted by Gasteiger charge is -2.19. The second-order valence-corrected chi connectivity index (χ2v) is 4.67. The number of aromatic nitrogens is 2. The van der Waals surface area contributed by atoms with E-state index in [9.17, 15) is 4.79 Å². The molecule has 88 valence electrons. The van der Waals surface area contributed by atoms with Crippen LogP contribution in [0.25, 0.3) is 0 Å². The molecular weight excluding hydrogens is 246 g/mol. The molecule has 1 heterocycles. The zero-order valence-corrected chi connectivity index (χ0v) is 11.1. The number of carbonyl (C=O) groups is 1. The largest absolute Gasteiger partial charge is 0.358 e. The van der Waals surface area contributed by atoms with Gasteiger partial charge in [0.25, 0.3) is 0 Å². The van der Waals surface area contributed by atoms with Crippen LogP contribution in [0.2, 0.25) is 5.15 Å². The first-order chi connectivity index (χ1) is 7.60. The smallest absolute Gasteiger partial charge is 0.156 e. The molecule has 0 aliphatic carbocycles. The maximum atomic E-state index is 10.9. The highest BCUT2D eigenvalue weighted by Crippen LogP contribution is 2.21. The second kappa shape index (κ2) is 6.06. The van der Waals surface area contributed by atoms with Gasteiger partial charge in [0.05, 0.1) is 5.56 Å². The maximum absolute atomic E-state index is 10.9. The van der Waals surface area contributed by atoms with E-state index in [1.165, 1.54) is 0 Å². The summed E-state index contributed by atoms with van der Waals surface area (Å²) in [6.07, 6.45) is 2.74. The van der Waals surface area contributed by atoms with Crippen molar-refractivity contribution in [3.63, 3.8) is 0 Å². The van der Waals surface area contributed by atoms with Crippen LogP contribution in [0.15, 0.2) is 0 Å². The Labute approximate surface area is 104 Å². The van der Waals surface area contributed by atoms with Crippen molar-refractivity contribution in [2.45, 2.75) is 6.92 Å². The molecular formula is C10H14ClN3OS. The molecule has 0 fully saturated rings. The van der Waals surface area contributed by atoms with Gasteiger partial charge in [-0.1, -0.05) is 11.6 Å². The van der Waals surface area contributed by atoms with E-state index < -0.39 is 0 Å². The van der Waals surface area contributed by atoms with Crippen LogP contribution in [0.1, 0.15) is 16.2 Å². The molecule has 0 saturated heterocycles. The number of hydrogen-bond donors (Lipinski definition) is 0. The minimum Gasteiger partial charge on any atom is -0.358 e. The Kier molecular flexibility index (Phi) is 5.02. The van der Waals surface area contributed by atoms with E-state index in [2.05, 4.69) is 9.97 Å². The van der Waals surface area contributed by atoms with Crippen LogP contribution in [-0.4, -0.2) is 41.9 Å². The summed E-state index contributed by atoms with van der Waals surface area (Å²) >= 11 is 7.64. The van der Waals surface area contributed by atoms with Crippen molar-refractivity contribution >= 4 is 35.5 Å². The summed E-state index contributed by atoms with van der Waals surface area (Å²) in [4.78, 5) is 21.1. The Morgan fingerprint density at radius 1 is 1.50 bits per heavy atom. The van der Waals surface area contributed by atoms with Crippen LogP contribution in [0.4, 0.5) is 5.82 Å². The molecule has 16 heavy (non-hydrogen) atoms. The Bertz CT molecular complexity index is 387. The molecule has 1 aromatic heterocycles. The number of hydrogen-bond acceptors (Lipinski definition) is 5. The SMILES string of the molecule is CSCCN(C)c1nc(C)nc(Cl)c1C=O. The maximum Gasteiger partial charge on any atom is 0.156 e. The number of rotatable bonds is 5. The van der Waals surface area contributed by atoms with E-state index in [1.807, 2.05) is 18.2 Å². The van der Waals surface area contributed by atoms with Crippen LogP contribution in [0.5, 0.6) is 0 Å². The van der Waals surface area contributed by atoms with Crippen molar-refractivity contribution in [3.8, 4) is 0 Å². The van der Waals surface area contributed by atoms with Crippen molar-refractivity contribution in [1.29, 1.82) is 0 Å². The Morgan fingerprint density at radius 2 is 2.19 bits per heavy atom. The third kappa shape index (κ3) is 3.09. The number of aryl methyl sites for hydroxylation is 1. The predicted octanol–water partition coefficient (Wildman–Crippen LogP) is 2.05. The van der Waals surface area contributed by atoms with E-state index >= 15 is 0 Å². The molecule has 0 bridgehead atoms. The van der Waals surface area contributed by atoms with Gasteiger partial charge in [0, 0.05) is 19.3 Å². The fourth-order valence-electron chi connectivity index (χ4n) is 1.26. The van der Waals surface area contributed by atoms with Gasteiger partial charge >= 0.3 is 0 Å². The fraction of sp³-hybridized carbons (Fsp3) is 0.500. The van der Waals surface area contributed by atoms with Gasteiger partial charge in [-0.25, -0.2) is 9.97 Å². The predicted molar refractivity (Wildman–Crippen MR) is 68.8 cm³/mol. The summed E-state index contributed by atoms with van der Waals surface area (Å²) < 4.78 is 0. The third-order valence-corrected chi connectivity index (χ3v) is 2.98. The number of aldehydes is 1. The number of thioether (sulfide) groups is 1. The van der Waals surface area contributed by atoms with E-state index in [0.717, 1.165) is 12.3 Å². The highest BCUT2D eigenvalue weighted by atomic mass is 35.5. The van der Waals surface area contributed by atoms with Gasteiger partial charge in [-0.05, 0) is 13.2 Å². The molecule has 0 saturated carbocycles. The van der Waals surface area contributed by atoms with Crippen LogP contribution >= 0.6 is 23.4 Å². The van der Waals surface area contributed by atoms with Gasteiger partial charge in [0.15, 0.2) is 6.29 Å². The molecule has 0 spiro atoms. The zero-order valence-electron chi connectivity index (χ0n) is 9.53. The first-order valence-corrected chi connectivity index (χ1v) is 6.56. The lowest BCUT2D eigenvalue weighted by Crippen LogP contribution is -2.23. The number of nitrogens with zero attached hydrogens (tertiary/aromatic N) is 3. The second-order valence-electron chi connectivity index (χ2n) is 3.33. The van der Waals surface area contributed by atoms with Gasteiger partial charge in [-0.3, -0.25) is 4.79 Å². The summed E-state index contributed by atoms with van der Waals surface area (Å²) in [5.74, 6) is 2.14. The minimum absolute atomic E-state index is 0.216. The topological polar surface area (TPSA) is 46.1 Å².